The minimum absolute atomic E-state index is 0. The number of hydrogen-bond donors (Lipinski definition) is 1. The van der Waals surface area contributed by atoms with Gasteiger partial charge in [-0.2, -0.15) is 0 Å². The third-order valence-corrected chi connectivity index (χ3v) is 1.36. The van der Waals surface area contributed by atoms with Gasteiger partial charge >= 0.3 is 0 Å². The lowest BCUT2D eigenvalue weighted by Crippen LogP contribution is -1.94. The molecular weight excluding hydrogens is 158 g/mol. The van der Waals surface area contributed by atoms with Gasteiger partial charge in [0.2, 0.25) is 0 Å². The van der Waals surface area contributed by atoms with Crippen LogP contribution in [0.25, 0.3) is 0 Å². The molecule has 0 amide bonds. The van der Waals surface area contributed by atoms with E-state index in [0.717, 1.165) is 11.1 Å². The third-order valence-electron chi connectivity index (χ3n) is 1.36. The van der Waals surface area contributed by atoms with Gasteiger partial charge < -0.3 is 5.73 Å². The van der Waals surface area contributed by atoms with Crippen LogP contribution in [0.15, 0.2) is 24.3 Å². The first-order valence-corrected chi connectivity index (χ1v) is 3.12. The van der Waals surface area contributed by atoms with Crippen molar-refractivity contribution in [2.75, 3.05) is 0 Å². The van der Waals surface area contributed by atoms with Gasteiger partial charge in [0.1, 0.15) is 0 Å². The van der Waals surface area contributed by atoms with Gasteiger partial charge in [-0.25, -0.2) is 0 Å². The molecule has 0 fully saturated rings. The fourth-order valence-corrected chi connectivity index (χ4v) is 0.737. The second-order valence-electron chi connectivity index (χ2n) is 2.05. The molecule has 1 aromatic rings. The molecule has 0 radical (unpaired) electrons. The Morgan fingerprint density at radius 2 is 1.82 bits per heavy atom. The van der Waals surface area contributed by atoms with E-state index < -0.39 is 0 Å². The van der Waals surface area contributed by atoms with E-state index in [1.807, 2.05) is 24.3 Å². The van der Waals surface area contributed by atoms with E-state index in [2.05, 4.69) is 5.92 Å². The summed E-state index contributed by atoms with van der Waals surface area (Å²) in [6, 6.07) is 7.66. The molecule has 0 unspecified atom stereocenters. The van der Waals surface area contributed by atoms with Crippen LogP contribution < -0.4 is 5.73 Å². The molecule has 0 aliphatic rings. The van der Waals surface area contributed by atoms with Crippen LogP contribution >= 0.6 is 12.4 Å². The van der Waals surface area contributed by atoms with Crippen LogP contribution in [0.3, 0.4) is 0 Å². The average molecular weight is 168 g/mol. The maximum atomic E-state index is 5.39. The van der Waals surface area contributed by atoms with Crippen molar-refractivity contribution in [3.05, 3.63) is 35.4 Å². The highest BCUT2D eigenvalue weighted by atomic mass is 35.5. The maximum Gasteiger partial charge on any atom is 0.0242 e. The summed E-state index contributed by atoms with van der Waals surface area (Å²) in [6.07, 6.45) is 5.16. The van der Waals surface area contributed by atoms with Gasteiger partial charge in [-0.05, 0) is 17.7 Å². The van der Waals surface area contributed by atoms with Crippen molar-refractivity contribution < 1.29 is 0 Å². The fraction of sp³-hybridized carbons (Fsp3) is 0.111. The van der Waals surface area contributed by atoms with Crippen molar-refractivity contribution in [1.29, 1.82) is 0 Å². The zero-order valence-electron chi connectivity index (χ0n) is 6.08. The number of benzene rings is 1. The minimum atomic E-state index is 0. The lowest BCUT2D eigenvalue weighted by Gasteiger charge is -1.94. The van der Waals surface area contributed by atoms with E-state index in [0.29, 0.717) is 6.54 Å². The molecule has 0 spiro atoms. The van der Waals surface area contributed by atoms with Crippen molar-refractivity contribution in [3.8, 4) is 12.3 Å². The largest absolute Gasteiger partial charge is 0.326 e. The van der Waals surface area contributed by atoms with Crippen LogP contribution in [-0.4, -0.2) is 0 Å². The SMILES string of the molecule is C#Cc1ccc(CN)cc1.Cl. The van der Waals surface area contributed by atoms with Crippen molar-refractivity contribution in [2.45, 2.75) is 6.54 Å². The monoisotopic (exact) mass is 167 g/mol. The Balaban J connectivity index is 0.000001000. The van der Waals surface area contributed by atoms with E-state index in [4.69, 9.17) is 12.2 Å². The first-order chi connectivity index (χ1) is 4.86. The lowest BCUT2D eigenvalue weighted by atomic mass is 10.1. The Hall–Kier alpha value is -0.970. The van der Waals surface area contributed by atoms with Gasteiger partial charge in [0.05, 0.1) is 0 Å². The van der Waals surface area contributed by atoms with Gasteiger partial charge in [-0.3, -0.25) is 0 Å². The van der Waals surface area contributed by atoms with E-state index >= 15 is 0 Å². The Kier molecular flexibility index (Phi) is 4.36. The zero-order valence-corrected chi connectivity index (χ0v) is 6.90. The Labute approximate surface area is 73.0 Å². The predicted octanol–water partition coefficient (Wildman–Crippen LogP) is 1.55. The fourth-order valence-electron chi connectivity index (χ4n) is 0.737. The molecule has 11 heavy (non-hydrogen) atoms. The number of hydrogen-bond acceptors (Lipinski definition) is 1. The Morgan fingerprint density at radius 1 is 1.27 bits per heavy atom. The average Bonchev–Trinajstić information content (AvgIpc) is 2.05. The smallest absolute Gasteiger partial charge is 0.0242 e. The van der Waals surface area contributed by atoms with Crippen LogP contribution in [0.2, 0.25) is 0 Å². The molecule has 58 valence electrons. The van der Waals surface area contributed by atoms with Crippen molar-refractivity contribution in [3.63, 3.8) is 0 Å². The van der Waals surface area contributed by atoms with Crippen LogP contribution in [-0.2, 0) is 6.54 Å². The molecule has 0 aliphatic carbocycles. The summed E-state index contributed by atoms with van der Waals surface area (Å²) >= 11 is 0. The normalized spacial score (nSPS) is 8.00. The molecule has 0 heterocycles. The lowest BCUT2D eigenvalue weighted by molar-refractivity contribution is 1.07. The highest BCUT2D eigenvalue weighted by Gasteiger charge is 1.87. The Morgan fingerprint density at radius 3 is 2.18 bits per heavy atom. The summed E-state index contributed by atoms with van der Waals surface area (Å²) in [4.78, 5) is 0. The molecule has 1 rings (SSSR count). The van der Waals surface area contributed by atoms with E-state index in [-0.39, 0.29) is 12.4 Å². The quantitative estimate of drug-likeness (QED) is 0.632. The molecule has 0 aromatic heterocycles. The second-order valence-corrected chi connectivity index (χ2v) is 2.05. The molecule has 0 saturated carbocycles. The number of nitrogens with two attached hydrogens (primary N) is 1. The topological polar surface area (TPSA) is 26.0 Å². The molecule has 0 bridgehead atoms. The summed E-state index contributed by atoms with van der Waals surface area (Å²) in [7, 11) is 0. The van der Waals surface area contributed by atoms with E-state index in [1.54, 1.807) is 0 Å². The first kappa shape index (κ1) is 10.0. The zero-order chi connectivity index (χ0) is 7.40. The predicted molar refractivity (Wildman–Crippen MR) is 49.5 cm³/mol. The maximum absolute atomic E-state index is 5.39. The van der Waals surface area contributed by atoms with Gasteiger partial charge in [0.15, 0.2) is 0 Å². The molecule has 2 heteroatoms. The minimum Gasteiger partial charge on any atom is -0.326 e. The summed E-state index contributed by atoms with van der Waals surface area (Å²) in [5, 5.41) is 0. The van der Waals surface area contributed by atoms with Crippen LogP contribution in [0, 0.1) is 12.3 Å². The van der Waals surface area contributed by atoms with Crippen molar-refractivity contribution >= 4 is 12.4 Å². The number of rotatable bonds is 1. The molecule has 1 nitrogen and oxygen atoms in total. The molecular formula is C9H10ClN. The second kappa shape index (κ2) is 4.79. The molecule has 2 N–H and O–H groups in total. The standard InChI is InChI=1S/C9H9N.ClH/c1-2-8-3-5-9(7-10)6-4-8;/h1,3-6H,7,10H2;1H. The van der Waals surface area contributed by atoms with Crippen LogP contribution in [0.4, 0.5) is 0 Å². The summed E-state index contributed by atoms with van der Waals surface area (Å²) in [5.74, 6) is 2.54. The van der Waals surface area contributed by atoms with Gasteiger partial charge in [0.25, 0.3) is 0 Å². The van der Waals surface area contributed by atoms with Gasteiger partial charge in [-0.1, -0.05) is 18.1 Å². The van der Waals surface area contributed by atoms with E-state index in [1.165, 1.54) is 0 Å². The van der Waals surface area contributed by atoms with E-state index in [9.17, 15) is 0 Å². The van der Waals surface area contributed by atoms with Gasteiger partial charge in [0, 0.05) is 12.1 Å². The first-order valence-electron chi connectivity index (χ1n) is 3.12. The molecule has 1 aromatic carbocycles. The number of terminal acetylenes is 1. The highest BCUT2D eigenvalue weighted by molar-refractivity contribution is 5.85. The summed E-state index contributed by atoms with van der Waals surface area (Å²) in [6.45, 7) is 0.574. The highest BCUT2D eigenvalue weighted by Crippen LogP contribution is 2.01. The number of halogens is 1. The third kappa shape index (κ3) is 2.63. The van der Waals surface area contributed by atoms with Crippen molar-refractivity contribution in [1.82, 2.24) is 0 Å². The van der Waals surface area contributed by atoms with Gasteiger partial charge in [-0.15, -0.1) is 18.8 Å². The van der Waals surface area contributed by atoms with Crippen LogP contribution in [0.1, 0.15) is 11.1 Å². The summed E-state index contributed by atoms with van der Waals surface area (Å²) < 4.78 is 0. The molecule has 0 aliphatic heterocycles. The molecule has 0 atom stereocenters. The molecule has 0 saturated heterocycles. The van der Waals surface area contributed by atoms with Crippen molar-refractivity contribution in [2.24, 2.45) is 5.73 Å². The Bertz CT molecular complexity index is 245. The summed E-state index contributed by atoms with van der Waals surface area (Å²) in [5.41, 5.74) is 7.40. The van der Waals surface area contributed by atoms with Crippen LogP contribution in [0.5, 0.6) is 0 Å².